The van der Waals surface area contributed by atoms with Crippen molar-refractivity contribution in [3.63, 3.8) is 0 Å². The number of quaternary nitrogens is 1. The highest BCUT2D eigenvalue weighted by molar-refractivity contribution is 7.92. The van der Waals surface area contributed by atoms with Crippen molar-refractivity contribution in [1.82, 2.24) is 0 Å². The molecule has 1 atom stereocenters. The Morgan fingerprint density at radius 2 is 1.41 bits per heavy atom. The molecule has 0 fully saturated rings. The molecule has 0 spiro atoms. The number of hydrogen-bond donors (Lipinski definition) is 1. The largest absolute Gasteiger partial charge is 0.336 e. The SMILES string of the molecule is C[C@H](CN1c2ccccc2S(=O)(=O)c2ccccc21)[NH+](C)C. The van der Waals surface area contributed by atoms with Gasteiger partial charge < -0.3 is 9.80 Å². The van der Waals surface area contributed by atoms with E-state index in [9.17, 15) is 8.42 Å². The zero-order chi connectivity index (χ0) is 15.9. The van der Waals surface area contributed by atoms with Crippen LogP contribution in [-0.4, -0.2) is 35.1 Å². The van der Waals surface area contributed by atoms with Crippen molar-refractivity contribution < 1.29 is 13.3 Å². The third-order valence-electron chi connectivity index (χ3n) is 4.33. The van der Waals surface area contributed by atoms with Crippen LogP contribution in [0.1, 0.15) is 6.92 Å². The molecular formula is C17H21N2O2S+. The van der Waals surface area contributed by atoms with Gasteiger partial charge in [-0.25, -0.2) is 8.42 Å². The maximum Gasteiger partial charge on any atom is 0.210 e. The Hall–Kier alpha value is -1.85. The monoisotopic (exact) mass is 317 g/mol. The van der Waals surface area contributed by atoms with Gasteiger partial charge in [0.05, 0.1) is 41.8 Å². The minimum atomic E-state index is -3.44. The molecule has 116 valence electrons. The van der Waals surface area contributed by atoms with E-state index in [1.165, 1.54) is 4.90 Å². The minimum Gasteiger partial charge on any atom is -0.336 e. The average molecular weight is 317 g/mol. The summed E-state index contributed by atoms with van der Waals surface area (Å²) >= 11 is 0. The zero-order valence-corrected chi connectivity index (χ0v) is 13.9. The van der Waals surface area contributed by atoms with Crippen molar-refractivity contribution in [3.05, 3.63) is 48.5 Å². The van der Waals surface area contributed by atoms with Crippen molar-refractivity contribution in [2.24, 2.45) is 0 Å². The first-order chi connectivity index (χ1) is 10.4. The van der Waals surface area contributed by atoms with Gasteiger partial charge in [0.15, 0.2) is 0 Å². The first kappa shape index (κ1) is 15.1. The van der Waals surface area contributed by atoms with Gasteiger partial charge in [0, 0.05) is 0 Å². The molecule has 0 aliphatic carbocycles. The topological polar surface area (TPSA) is 41.8 Å². The van der Waals surface area contributed by atoms with E-state index in [0.717, 1.165) is 17.9 Å². The zero-order valence-electron chi connectivity index (χ0n) is 13.1. The van der Waals surface area contributed by atoms with E-state index in [0.29, 0.717) is 15.8 Å². The van der Waals surface area contributed by atoms with E-state index in [2.05, 4.69) is 25.9 Å². The fourth-order valence-electron chi connectivity index (χ4n) is 2.72. The van der Waals surface area contributed by atoms with E-state index in [-0.39, 0.29) is 0 Å². The van der Waals surface area contributed by atoms with Crippen LogP contribution in [0, 0.1) is 0 Å². The van der Waals surface area contributed by atoms with Crippen molar-refractivity contribution >= 4 is 21.2 Å². The molecule has 0 radical (unpaired) electrons. The van der Waals surface area contributed by atoms with Crippen molar-refractivity contribution in [2.45, 2.75) is 22.8 Å². The lowest BCUT2D eigenvalue weighted by Crippen LogP contribution is -3.10. The molecule has 0 amide bonds. The Kier molecular flexibility index (Phi) is 3.70. The lowest BCUT2D eigenvalue weighted by atomic mass is 10.2. The number of likely N-dealkylation sites (N-methyl/N-ethyl adjacent to an activating group) is 1. The Morgan fingerprint density at radius 3 is 1.86 bits per heavy atom. The summed E-state index contributed by atoms with van der Waals surface area (Å²) in [5.41, 5.74) is 1.55. The van der Waals surface area contributed by atoms with Crippen molar-refractivity contribution in [2.75, 3.05) is 25.5 Å². The van der Waals surface area contributed by atoms with Crippen LogP contribution in [0.2, 0.25) is 0 Å². The Bertz CT molecular complexity index is 746. The Morgan fingerprint density at radius 1 is 0.955 bits per heavy atom. The maximum absolute atomic E-state index is 12.8. The summed E-state index contributed by atoms with van der Waals surface area (Å²) in [6.07, 6.45) is 0. The van der Waals surface area contributed by atoms with Crippen LogP contribution in [0.5, 0.6) is 0 Å². The molecule has 1 aliphatic rings. The van der Waals surface area contributed by atoms with Crippen molar-refractivity contribution in [3.8, 4) is 0 Å². The molecule has 0 saturated carbocycles. The summed E-state index contributed by atoms with van der Waals surface area (Å²) in [4.78, 5) is 4.26. The van der Waals surface area contributed by atoms with E-state index in [1.807, 2.05) is 24.3 Å². The van der Waals surface area contributed by atoms with Gasteiger partial charge in [-0.05, 0) is 31.2 Å². The number of benzene rings is 2. The van der Waals surface area contributed by atoms with Gasteiger partial charge in [-0.1, -0.05) is 24.3 Å². The second-order valence-corrected chi connectivity index (χ2v) is 7.91. The van der Waals surface area contributed by atoms with E-state index >= 15 is 0 Å². The van der Waals surface area contributed by atoms with Crippen LogP contribution >= 0.6 is 0 Å². The fourth-order valence-corrected chi connectivity index (χ4v) is 4.38. The molecule has 0 aromatic heterocycles. The smallest absolute Gasteiger partial charge is 0.210 e. The second-order valence-electron chi connectivity index (χ2n) is 6.03. The van der Waals surface area contributed by atoms with Gasteiger partial charge in [-0.2, -0.15) is 0 Å². The van der Waals surface area contributed by atoms with Gasteiger partial charge in [-0.15, -0.1) is 0 Å². The van der Waals surface area contributed by atoms with Crippen LogP contribution in [0.4, 0.5) is 11.4 Å². The van der Waals surface area contributed by atoms with Gasteiger partial charge in [0.25, 0.3) is 0 Å². The summed E-state index contributed by atoms with van der Waals surface area (Å²) in [5, 5.41) is 0. The molecule has 0 unspecified atom stereocenters. The number of para-hydroxylation sites is 2. The van der Waals surface area contributed by atoms with E-state index < -0.39 is 9.84 Å². The Balaban J connectivity index is 2.20. The normalized spacial score (nSPS) is 17.0. The van der Waals surface area contributed by atoms with Crippen LogP contribution in [0.15, 0.2) is 58.3 Å². The number of nitrogens with one attached hydrogen (secondary N) is 1. The van der Waals surface area contributed by atoms with Crippen LogP contribution in [-0.2, 0) is 9.84 Å². The maximum atomic E-state index is 12.8. The highest BCUT2D eigenvalue weighted by Crippen LogP contribution is 2.43. The quantitative estimate of drug-likeness (QED) is 0.933. The summed E-state index contributed by atoms with van der Waals surface area (Å²) in [6.45, 7) is 2.94. The molecule has 4 nitrogen and oxygen atoms in total. The minimum absolute atomic E-state index is 0.377. The van der Waals surface area contributed by atoms with Crippen molar-refractivity contribution in [1.29, 1.82) is 0 Å². The predicted octanol–water partition coefficient (Wildman–Crippen LogP) is 1.50. The van der Waals surface area contributed by atoms with Gasteiger partial charge in [0.2, 0.25) is 9.84 Å². The standard InChI is InChI=1S/C17H20N2O2S/c1-13(18(2)3)12-19-14-8-4-6-10-16(14)22(20,21)17-11-7-5-9-15(17)19/h4-11,13H,12H2,1-3H3/p+1/t13-/m1/s1. The molecule has 3 rings (SSSR count). The average Bonchev–Trinajstić information content (AvgIpc) is 2.51. The first-order valence-corrected chi connectivity index (χ1v) is 8.92. The van der Waals surface area contributed by atoms with Crippen LogP contribution < -0.4 is 9.80 Å². The molecule has 22 heavy (non-hydrogen) atoms. The number of nitrogens with zero attached hydrogens (tertiary/aromatic N) is 1. The molecular weight excluding hydrogens is 296 g/mol. The first-order valence-electron chi connectivity index (χ1n) is 7.43. The number of rotatable bonds is 3. The molecule has 2 aromatic rings. The lowest BCUT2D eigenvalue weighted by Gasteiger charge is -2.34. The fraction of sp³-hybridized carbons (Fsp3) is 0.294. The number of sulfone groups is 1. The molecule has 0 bridgehead atoms. The highest BCUT2D eigenvalue weighted by Gasteiger charge is 2.34. The highest BCUT2D eigenvalue weighted by atomic mass is 32.2. The predicted molar refractivity (Wildman–Crippen MR) is 87.6 cm³/mol. The third-order valence-corrected chi connectivity index (χ3v) is 6.18. The van der Waals surface area contributed by atoms with E-state index in [1.54, 1.807) is 24.3 Å². The van der Waals surface area contributed by atoms with Crippen LogP contribution in [0.3, 0.4) is 0 Å². The number of hydrogen-bond acceptors (Lipinski definition) is 3. The summed E-state index contributed by atoms with van der Waals surface area (Å²) in [6, 6.07) is 14.9. The molecule has 2 aromatic carbocycles. The van der Waals surface area contributed by atoms with Gasteiger partial charge >= 0.3 is 0 Å². The third kappa shape index (κ3) is 2.30. The summed E-state index contributed by atoms with van der Waals surface area (Å²) in [7, 11) is 0.790. The Labute approximate surface area is 131 Å². The van der Waals surface area contributed by atoms with Crippen LogP contribution in [0.25, 0.3) is 0 Å². The summed E-state index contributed by atoms with van der Waals surface area (Å²) < 4.78 is 25.7. The van der Waals surface area contributed by atoms with E-state index in [4.69, 9.17) is 0 Å². The van der Waals surface area contributed by atoms with Gasteiger partial charge in [-0.3, -0.25) is 0 Å². The van der Waals surface area contributed by atoms with Gasteiger partial charge in [0.1, 0.15) is 6.04 Å². The molecule has 1 N–H and O–H groups in total. The molecule has 1 heterocycles. The number of fused-ring (bicyclic) bond motifs is 2. The summed E-state index contributed by atoms with van der Waals surface area (Å²) in [5.74, 6) is 0. The molecule has 0 saturated heterocycles. The molecule has 1 aliphatic heterocycles. The molecule has 5 heteroatoms. The second kappa shape index (κ2) is 5.41. The lowest BCUT2D eigenvalue weighted by molar-refractivity contribution is -0.881. The number of anilines is 2.